The maximum absolute atomic E-state index is 14.7. The zero-order valence-electron chi connectivity index (χ0n) is 27.7. The SMILES string of the molecule is Cc1ncn(-c2ncc(F)c(N3CCN(C4CN(Cc5ccc(COc6cccc7c6CN([C@H]6CCC(=O)NC6=O)C7=O)cc5)C4)CC3)n2)n1. The van der Waals surface area contributed by atoms with Crippen LogP contribution in [0.3, 0.4) is 0 Å². The van der Waals surface area contributed by atoms with Crippen molar-refractivity contribution < 1.29 is 23.5 Å². The Morgan fingerprint density at radius 2 is 1.76 bits per heavy atom. The minimum atomic E-state index is -0.661. The van der Waals surface area contributed by atoms with Crippen molar-refractivity contribution in [1.29, 1.82) is 0 Å². The zero-order valence-corrected chi connectivity index (χ0v) is 27.7. The largest absolute Gasteiger partial charge is 0.489 e. The van der Waals surface area contributed by atoms with Gasteiger partial charge in [-0.1, -0.05) is 30.3 Å². The highest BCUT2D eigenvalue weighted by Gasteiger charge is 2.40. The normalized spacial score (nSPS) is 20.2. The maximum Gasteiger partial charge on any atom is 0.255 e. The number of nitrogens with zero attached hydrogens (tertiary/aromatic N) is 9. The third-order valence-corrected chi connectivity index (χ3v) is 9.95. The van der Waals surface area contributed by atoms with Crippen molar-refractivity contribution in [2.45, 2.75) is 51.5 Å². The first-order valence-electron chi connectivity index (χ1n) is 16.9. The van der Waals surface area contributed by atoms with E-state index >= 15 is 0 Å². The molecule has 0 radical (unpaired) electrons. The number of fused-ring (bicyclic) bond motifs is 1. The summed E-state index contributed by atoms with van der Waals surface area (Å²) in [4.78, 5) is 58.2. The number of hydrogen-bond acceptors (Lipinski definition) is 11. The van der Waals surface area contributed by atoms with Crippen LogP contribution in [0.5, 0.6) is 5.75 Å². The molecular weight excluding hydrogens is 643 g/mol. The lowest BCUT2D eigenvalue weighted by Crippen LogP contribution is -2.62. The number of piperazine rings is 1. The van der Waals surface area contributed by atoms with Crippen molar-refractivity contribution in [2.24, 2.45) is 0 Å². The summed E-state index contributed by atoms with van der Waals surface area (Å²) in [6.45, 7) is 8.26. The highest BCUT2D eigenvalue weighted by atomic mass is 19.1. The molecule has 2 aromatic carbocycles. The number of anilines is 1. The topological polar surface area (TPSA) is 142 Å². The van der Waals surface area contributed by atoms with Crippen molar-refractivity contribution >= 4 is 23.5 Å². The first kappa shape index (κ1) is 32.0. The molecule has 4 aliphatic heterocycles. The molecule has 4 aromatic rings. The van der Waals surface area contributed by atoms with E-state index < -0.39 is 17.8 Å². The molecule has 0 aliphatic carbocycles. The van der Waals surface area contributed by atoms with Gasteiger partial charge in [0.05, 0.1) is 12.7 Å². The molecule has 1 atom stereocenters. The van der Waals surface area contributed by atoms with Crippen molar-refractivity contribution in [2.75, 3.05) is 44.2 Å². The van der Waals surface area contributed by atoms with Gasteiger partial charge in [0.1, 0.15) is 30.5 Å². The molecule has 1 N–H and O–H groups in total. The monoisotopic (exact) mass is 680 g/mol. The molecule has 14 nitrogen and oxygen atoms in total. The second-order valence-corrected chi connectivity index (χ2v) is 13.2. The third kappa shape index (κ3) is 6.29. The molecule has 0 spiro atoms. The summed E-state index contributed by atoms with van der Waals surface area (Å²) >= 11 is 0. The number of imide groups is 1. The number of carbonyl (C=O) groups excluding carboxylic acids is 3. The number of likely N-dealkylation sites (tertiary alicyclic amines) is 1. The summed E-state index contributed by atoms with van der Waals surface area (Å²) in [6.07, 6.45) is 3.26. The number of amides is 3. The van der Waals surface area contributed by atoms with E-state index in [0.717, 1.165) is 43.9 Å². The lowest BCUT2D eigenvalue weighted by atomic mass is 10.0. The first-order valence-corrected chi connectivity index (χ1v) is 16.9. The number of piperidine rings is 1. The third-order valence-electron chi connectivity index (χ3n) is 9.95. The number of halogens is 1. The van der Waals surface area contributed by atoms with Crippen molar-refractivity contribution in [3.63, 3.8) is 0 Å². The highest BCUT2D eigenvalue weighted by molar-refractivity contribution is 6.05. The number of aromatic nitrogens is 5. The fourth-order valence-electron chi connectivity index (χ4n) is 7.18. The van der Waals surface area contributed by atoms with Gasteiger partial charge in [0, 0.05) is 69.4 Å². The molecule has 3 fully saturated rings. The van der Waals surface area contributed by atoms with E-state index in [2.05, 4.69) is 59.4 Å². The van der Waals surface area contributed by atoms with Crippen molar-refractivity contribution in [3.8, 4) is 11.7 Å². The van der Waals surface area contributed by atoms with Gasteiger partial charge >= 0.3 is 0 Å². The van der Waals surface area contributed by atoms with Crippen LogP contribution in [0.15, 0.2) is 55.0 Å². The van der Waals surface area contributed by atoms with Crippen LogP contribution in [0, 0.1) is 12.7 Å². The second kappa shape index (κ2) is 13.2. The molecular formula is C35H37FN10O4. The number of rotatable bonds is 9. The van der Waals surface area contributed by atoms with Crippen LogP contribution in [-0.2, 0) is 29.3 Å². The fraction of sp³-hybridized carbons (Fsp3) is 0.400. The molecule has 3 saturated heterocycles. The van der Waals surface area contributed by atoms with E-state index in [1.165, 1.54) is 27.7 Å². The van der Waals surface area contributed by atoms with E-state index in [4.69, 9.17) is 4.74 Å². The summed E-state index contributed by atoms with van der Waals surface area (Å²) in [5.74, 6) is 0.429. The Labute approximate surface area is 287 Å². The Morgan fingerprint density at radius 3 is 2.50 bits per heavy atom. The van der Waals surface area contributed by atoms with Gasteiger partial charge < -0.3 is 14.5 Å². The molecule has 50 heavy (non-hydrogen) atoms. The molecule has 2 aromatic heterocycles. The molecule has 15 heteroatoms. The first-order chi connectivity index (χ1) is 24.3. The highest BCUT2D eigenvalue weighted by Crippen LogP contribution is 2.34. The number of carbonyl (C=O) groups is 3. The van der Waals surface area contributed by atoms with Gasteiger partial charge in [-0.15, -0.1) is 5.10 Å². The zero-order chi connectivity index (χ0) is 34.4. The standard InChI is InChI=1S/C35H37FN10O4/c1-22-38-21-46(41-22)35-37-15-28(36)32(40-35)44-13-11-43(12-14-44)25-17-42(18-25)16-23-5-7-24(8-6-23)20-50-30-4-2-3-26-27(30)19-45(34(26)49)29-9-10-31(47)39-33(29)48/h2-8,15,21,25,29H,9-14,16-20H2,1H3,(H,39,47,48)/t29-/m0/s1. The Hall–Kier alpha value is -5.28. The average molecular weight is 681 g/mol. The van der Waals surface area contributed by atoms with Gasteiger partial charge in [0.15, 0.2) is 11.6 Å². The summed E-state index contributed by atoms with van der Waals surface area (Å²) < 4.78 is 22.3. The molecule has 258 valence electrons. The van der Waals surface area contributed by atoms with Crippen molar-refractivity contribution in [3.05, 3.63) is 88.9 Å². The lowest BCUT2D eigenvalue weighted by molar-refractivity contribution is -0.136. The predicted octanol–water partition coefficient (Wildman–Crippen LogP) is 1.85. The van der Waals surface area contributed by atoms with E-state index in [-0.39, 0.29) is 24.8 Å². The van der Waals surface area contributed by atoms with Crippen molar-refractivity contribution in [1.82, 2.24) is 44.7 Å². The van der Waals surface area contributed by atoms with E-state index in [0.29, 0.717) is 61.1 Å². The van der Waals surface area contributed by atoms with Gasteiger partial charge in [-0.2, -0.15) is 9.67 Å². The average Bonchev–Trinajstić information content (AvgIpc) is 3.69. The quantitative estimate of drug-likeness (QED) is 0.259. The van der Waals surface area contributed by atoms with Crippen LogP contribution in [0.25, 0.3) is 5.95 Å². The number of aryl methyl sites for hydroxylation is 1. The van der Waals surface area contributed by atoms with Gasteiger partial charge in [0.25, 0.3) is 11.9 Å². The van der Waals surface area contributed by atoms with E-state index in [9.17, 15) is 18.8 Å². The van der Waals surface area contributed by atoms with E-state index in [1.54, 1.807) is 19.1 Å². The Bertz CT molecular complexity index is 1940. The smallest absolute Gasteiger partial charge is 0.255 e. The minimum Gasteiger partial charge on any atom is -0.489 e. The number of nitrogens with one attached hydrogen (secondary N) is 1. The van der Waals surface area contributed by atoms with E-state index in [1.807, 2.05) is 11.0 Å². The summed E-state index contributed by atoms with van der Waals surface area (Å²) in [6, 6.07) is 13.6. The predicted molar refractivity (Wildman–Crippen MR) is 178 cm³/mol. The van der Waals surface area contributed by atoms with Gasteiger partial charge in [-0.05, 0) is 36.6 Å². The molecule has 0 unspecified atom stereocenters. The van der Waals surface area contributed by atoms with Crippen LogP contribution in [-0.4, -0.2) is 109 Å². The van der Waals surface area contributed by atoms with Crippen LogP contribution in [0.4, 0.5) is 10.2 Å². The molecule has 0 bridgehead atoms. The van der Waals surface area contributed by atoms with Crippen LogP contribution in [0.2, 0.25) is 0 Å². The maximum atomic E-state index is 14.7. The molecule has 6 heterocycles. The van der Waals surface area contributed by atoms with Crippen LogP contribution in [0.1, 0.15) is 45.7 Å². The number of ether oxygens (including phenoxy) is 1. The Balaban J connectivity index is 0.800. The lowest BCUT2D eigenvalue weighted by Gasteiger charge is -2.48. The number of benzene rings is 2. The summed E-state index contributed by atoms with van der Waals surface area (Å²) in [5.41, 5.74) is 3.53. The Morgan fingerprint density at radius 1 is 0.980 bits per heavy atom. The van der Waals surface area contributed by atoms with Gasteiger partial charge in [-0.25, -0.2) is 14.4 Å². The summed E-state index contributed by atoms with van der Waals surface area (Å²) in [5, 5.41) is 6.58. The van der Waals surface area contributed by atoms with Gasteiger partial charge in [-0.3, -0.25) is 29.5 Å². The second-order valence-electron chi connectivity index (χ2n) is 13.2. The molecule has 3 amide bonds. The van der Waals surface area contributed by atoms with Gasteiger partial charge in [0.2, 0.25) is 11.8 Å². The minimum absolute atomic E-state index is 0.217. The molecule has 0 saturated carbocycles. The molecule has 8 rings (SSSR count). The Kier molecular flexibility index (Phi) is 8.44. The fourth-order valence-corrected chi connectivity index (χ4v) is 7.18. The summed E-state index contributed by atoms with van der Waals surface area (Å²) in [7, 11) is 0. The van der Waals surface area contributed by atoms with Crippen LogP contribution < -0.4 is 15.0 Å². The molecule has 4 aliphatic rings. The van der Waals surface area contributed by atoms with Crippen LogP contribution >= 0.6 is 0 Å². The number of hydrogen-bond donors (Lipinski definition) is 1.